The van der Waals surface area contributed by atoms with Crippen molar-refractivity contribution in [3.8, 4) is 5.75 Å². The number of carbonyl (C=O) groups is 3. The van der Waals surface area contributed by atoms with Crippen LogP contribution in [0.4, 0.5) is 4.79 Å². The predicted octanol–water partition coefficient (Wildman–Crippen LogP) is 1.42. The van der Waals surface area contributed by atoms with E-state index in [-0.39, 0.29) is 5.56 Å². The number of hydrogen-bond donors (Lipinski definition) is 2. The van der Waals surface area contributed by atoms with E-state index in [1.165, 1.54) is 32.8 Å². The Morgan fingerprint density at radius 3 is 2.50 bits per heavy atom. The van der Waals surface area contributed by atoms with Gasteiger partial charge in [-0.3, -0.25) is 10.1 Å². The number of methoxy groups -OCH3 is 1. The number of benzene rings is 1. The quantitative estimate of drug-likeness (QED) is 0.628. The molecule has 22 heavy (non-hydrogen) atoms. The third-order valence-electron chi connectivity index (χ3n) is 2.75. The van der Waals surface area contributed by atoms with Gasteiger partial charge in [0.1, 0.15) is 11.3 Å². The highest BCUT2D eigenvalue weighted by Gasteiger charge is 2.22. The summed E-state index contributed by atoms with van der Waals surface area (Å²) in [5.41, 5.74) is 0.208. The van der Waals surface area contributed by atoms with Crippen LogP contribution in [0.3, 0.4) is 0 Å². The van der Waals surface area contributed by atoms with E-state index < -0.39 is 24.0 Å². The van der Waals surface area contributed by atoms with Gasteiger partial charge in [0.2, 0.25) is 0 Å². The molecule has 1 unspecified atom stereocenters. The molecular formula is C14H18N2O5S. The molecule has 0 aliphatic heterocycles. The van der Waals surface area contributed by atoms with Crippen LogP contribution in [0.5, 0.6) is 5.75 Å². The first-order valence-corrected chi connectivity index (χ1v) is 7.61. The van der Waals surface area contributed by atoms with E-state index in [4.69, 9.17) is 9.47 Å². The van der Waals surface area contributed by atoms with Crippen LogP contribution in [0.25, 0.3) is 0 Å². The predicted molar refractivity (Wildman–Crippen MR) is 82.3 cm³/mol. The highest BCUT2D eigenvalue weighted by molar-refractivity contribution is 7.98. The zero-order valence-corrected chi connectivity index (χ0v) is 13.6. The topological polar surface area (TPSA) is 93.7 Å². The minimum atomic E-state index is -1.12. The van der Waals surface area contributed by atoms with Crippen molar-refractivity contribution >= 4 is 29.7 Å². The van der Waals surface area contributed by atoms with E-state index in [1.54, 1.807) is 18.2 Å². The fourth-order valence-electron chi connectivity index (χ4n) is 1.52. The van der Waals surface area contributed by atoms with Gasteiger partial charge in [-0.15, -0.1) is 11.8 Å². The van der Waals surface area contributed by atoms with E-state index in [0.717, 1.165) is 4.90 Å². The summed E-state index contributed by atoms with van der Waals surface area (Å²) >= 11 is 1.51. The summed E-state index contributed by atoms with van der Waals surface area (Å²) in [5, 5.41) is 4.27. The first-order chi connectivity index (χ1) is 10.4. The Hall–Kier alpha value is -2.22. The highest BCUT2D eigenvalue weighted by Crippen LogP contribution is 2.26. The van der Waals surface area contributed by atoms with Gasteiger partial charge in [0.05, 0.1) is 7.11 Å². The molecule has 1 atom stereocenters. The molecule has 3 amide bonds. The van der Waals surface area contributed by atoms with Crippen LogP contribution in [-0.4, -0.2) is 44.4 Å². The number of esters is 1. The minimum Gasteiger partial charge on any atom is -0.496 e. The summed E-state index contributed by atoms with van der Waals surface area (Å²) in [6, 6.07) is 4.35. The van der Waals surface area contributed by atoms with Gasteiger partial charge < -0.3 is 14.8 Å². The molecule has 0 aliphatic rings. The van der Waals surface area contributed by atoms with Crippen molar-refractivity contribution in [1.82, 2.24) is 10.6 Å². The van der Waals surface area contributed by atoms with Crippen LogP contribution >= 0.6 is 11.8 Å². The molecule has 120 valence electrons. The van der Waals surface area contributed by atoms with Crippen molar-refractivity contribution in [1.29, 1.82) is 0 Å². The second-order valence-corrected chi connectivity index (χ2v) is 5.06. The van der Waals surface area contributed by atoms with Crippen LogP contribution < -0.4 is 15.4 Å². The van der Waals surface area contributed by atoms with Crippen molar-refractivity contribution in [2.24, 2.45) is 0 Å². The van der Waals surface area contributed by atoms with Crippen molar-refractivity contribution in [3.05, 3.63) is 23.8 Å². The third-order valence-corrected chi connectivity index (χ3v) is 3.47. The van der Waals surface area contributed by atoms with E-state index in [0.29, 0.717) is 5.75 Å². The normalized spacial score (nSPS) is 11.3. The average Bonchev–Trinajstić information content (AvgIpc) is 2.53. The SMILES string of the molecule is CNC(=O)NC(=O)C(C)OC(=O)c1ccc(SC)cc1OC. The van der Waals surface area contributed by atoms with Crippen LogP contribution in [-0.2, 0) is 9.53 Å². The maximum absolute atomic E-state index is 12.1. The Balaban J connectivity index is 2.80. The number of nitrogens with one attached hydrogen (secondary N) is 2. The lowest BCUT2D eigenvalue weighted by Gasteiger charge is -2.14. The molecule has 0 aliphatic carbocycles. The van der Waals surface area contributed by atoms with Gasteiger partial charge in [0, 0.05) is 11.9 Å². The molecular weight excluding hydrogens is 308 g/mol. The lowest BCUT2D eigenvalue weighted by molar-refractivity contribution is -0.127. The number of thioether (sulfide) groups is 1. The number of rotatable bonds is 5. The van der Waals surface area contributed by atoms with E-state index in [2.05, 4.69) is 5.32 Å². The zero-order chi connectivity index (χ0) is 16.7. The van der Waals surface area contributed by atoms with Crippen LogP contribution in [0.1, 0.15) is 17.3 Å². The molecule has 2 N–H and O–H groups in total. The molecule has 0 fully saturated rings. The average molecular weight is 326 g/mol. The number of ether oxygens (including phenoxy) is 2. The van der Waals surface area contributed by atoms with Gasteiger partial charge in [0.25, 0.3) is 5.91 Å². The molecule has 0 bridgehead atoms. The smallest absolute Gasteiger partial charge is 0.342 e. The molecule has 0 saturated heterocycles. The molecule has 7 nitrogen and oxygen atoms in total. The zero-order valence-electron chi connectivity index (χ0n) is 12.8. The Bertz CT molecular complexity index is 576. The Labute approximate surface area is 132 Å². The van der Waals surface area contributed by atoms with E-state index in [9.17, 15) is 14.4 Å². The van der Waals surface area contributed by atoms with Gasteiger partial charge in [-0.1, -0.05) is 0 Å². The number of urea groups is 1. The van der Waals surface area contributed by atoms with E-state index in [1.807, 2.05) is 11.6 Å². The lowest BCUT2D eigenvalue weighted by atomic mass is 10.2. The first kappa shape index (κ1) is 17.8. The molecule has 8 heteroatoms. The van der Waals surface area contributed by atoms with Crippen molar-refractivity contribution in [2.75, 3.05) is 20.4 Å². The third kappa shape index (κ3) is 4.66. The summed E-state index contributed by atoms with van der Waals surface area (Å²) < 4.78 is 10.2. The maximum atomic E-state index is 12.1. The number of imide groups is 1. The monoisotopic (exact) mass is 326 g/mol. The van der Waals surface area contributed by atoms with Crippen molar-refractivity contribution in [2.45, 2.75) is 17.9 Å². The fourth-order valence-corrected chi connectivity index (χ4v) is 1.95. The summed E-state index contributed by atoms with van der Waals surface area (Å²) in [4.78, 5) is 35.7. The Morgan fingerprint density at radius 2 is 1.95 bits per heavy atom. The summed E-state index contributed by atoms with van der Waals surface area (Å²) in [6.45, 7) is 1.37. The molecule has 1 aromatic rings. The van der Waals surface area contributed by atoms with Crippen LogP contribution in [0.15, 0.2) is 23.1 Å². The Kier molecular flexibility index (Phi) is 6.71. The second-order valence-electron chi connectivity index (χ2n) is 4.18. The summed E-state index contributed by atoms with van der Waals surface area (Å²) in [7, 11) is 2.81. The largest absolute Gasteiger partial charge is 0.496 e. The van der Waals surface area contributed by atoms with Gasteiger partial charge >= 0.3 is 12.0 Å². The van der Waals surface area contributed by atoms with Gasteiger partial charge in [-0.25, -0.2) is 9.59 Å². The molecule has 1 aromatic carbocycles. The van der Waals surface area contributed by atoms with Gasteiger partial charge in [-0.05, 0) is 31.4 Å². The molecule has 0 spiro atoms. The minimum absolute atomic E-state index is 0.208. The standard InChI is InChI=1S/C14H18N2O5S/c1-8(12(17)16-14(19)15-2)21-13(18)10-6-5-9(22-4)7-11(10)20-3/h5-8H,1-4H3,(H2,15,16,17,19). The Morgan fingerprint density at radius 1 is 1.27 bits per heavy atom. The number of amides is 3. The summed E-state index contributed by atoms with van der Waals surface area (Å²) in [6.07, 6.45) is 0.785. The van der Waals surface area contributed by atoms with Crippen molar-refractivity contribution in [3.63, 3.8) is 0 Å². The summed E-state index contributed by atoms with van der Waals surface area (Å²) in [5.74, 6) is -1.06. The maximum Gasteiger partial charge on any atom is 0.342 e. The van der Waals surface area contributed by atoms with Crippen molar-refractivity contribution < 1.29 is 23.9 Å². The first-order valence-electron chi connectivity index (χ1n) is 6.38. The molecule has 0 aromatic heterocycles. The van der Waals surface area contributed by atoms with Gasteiger partial charge in [0.15, 0.2) is 6.10 Å². The highest BCUT2D eigenvalue weighted by atomic mass is 32.2. The van der Waals surface area contributed by atoms with Gasteiger partial charge in [-0.2, -0.15) is 0 Å². The lowest BCUT2D eigenvalue weighted by Crippen LogP contribution is -2.43. The molecule has 0 radical (unpaired) electrons. The molecule has 0 saturated carbocycles. The number of carbonyl (C=O) groups excluding carboxylic acids is 3. The van der Waals surface area contributed by atoms with E-state index >= 15 is 0 Å². The van der Waals surface area contributed by atoms with Crippen LogP contribution in [0.2, 0.25) is 0 Å². The molecule has 0 heterocycles. The fraction of sp³-hybridized carbons (Fsp3) is 0.357. The second kappa shape index (κ2) is 8.28. The number of hydrogen-bond acceptors (Lipinski definition) is 6. The van der Waals surface area contributed by atoms with Crippen LogP contribution in [0, 0.1) is 0 Å². The molecule has 1 rings (SSSR count).